The van der Waals surface area contributed by atoms with Crippen LogP contribution in [0.25, 0.3) is 5.69 Å². The Morgan fingerprint density at radius 3 is 2.66 bits per heavy atom. The van der Waals surface area contributed by atoms with Gasteiger partial charge in [-0.3, -0.25) is 9.59 Å². The molecule has 2 saturated heterocycles. The van der Waals surface area contributed by atoms with Gasteiger partial charge in [0, 0.05) is 18.3 Å². The van der Waals surface area contributed by atoms with Crippen LogP contribution >= 0.6 is 0 Å². The lowest BCUT2D eigenvalue weighted by Gasteiger charge is -2.17. The van der Waals surface area contributed by atoms with Gasteiger partial charge in [-0.2, -0.15) is 5.10 Å². The number of hydrogen-bond donors (Lipinski definition) is 1. The summed E-state index contributed by atoms with van der Waals surface area (Å²) in [6, 6.07) is 9.66. The highest BCUT2D eigenvalue weighted by Crippen LogP contribution is 2.35. The number of carbonyl (C=O) groups excluding carboxylic acids is 2. The zero-order chi connectivity index (χ0) is 20.0. The predicted molar refractivity (Wildman–Crippen MR) is 105 cm³/mol. The molecule has 1 N–H and O–H groups in total. The molecule has 1 aliphatic carbocycles. The molecule has 3 aliphatic rings. The summed E-state index contributed by atoms with van der Waals surface area (Å²) in [5.41, 5.74) is 2.40. The first-order valence-corrected chi connectivity index (χ1v) is 10.3. The predicted octanol–water partition coefficient (Wildman–Crippen LogP) is 2.06. The minimum absolute atomic E-state index is 0.00481. The highest BCUT2D eigenvalue weighted by atomic mass is 16.6. The molecule has 5 rings (SSSR count). The Kier molecular flexibility index (Phi) is 4.72. The van der Waals surface area contributed by atoms with E-state index in [4.69, 9.17) is 9.47 Å². The Hall–Kier alpha value is -2.51. The number of Topliss-reactive ketones (excluding diaryl/α,β-unsaturated/α-hetero) is 1. The zero-order valence-corrected chi connectivity index (χ0v) is 16.4. The van der Waals surface area contributed by atoms with E-state index in [1.165, 1.54) is 0 Å². The molecule has 4 atom stereocenters. The first-order valence-electron chi connectivity index (χ1n) is 10.3. The summed E-state index contributed by atoms with van der Waals surface area (Å²) in [6.07, 6.45) is 3.64. The third-order valence-corrected chi connectivity index (χ3v) is 6.19. The van der Waals surface area contributed by atoms with E-state index >= 15 is 0 Å². The van der Waals surface area contributed by atoms with Crippen molar-refractivity contribution in [1.82, 2.24) is 15.1 Å². The second-order valence-electron chi connectivity index (χ2n) is 8.26. The molecule has 1 saturated carbocycles. The molecule has 0 spiro atoms. The number of fused-ring (bicyclic) bond motifs is 1. The highest BCUT2D eigenvalue weighted by Gasteiger charge is 2.49. The summed E-state index contributed by atoms with van der Waals surface area (Å²) >= 11 is 0. The molecule has 2 aromatic rings. The quantitative estimate of drug-likeness (QED) is 0.757. The zero-order valence-electron chi connectivity index (χ0n) is 16.4. The van der Waals surface area contributed by atoms with E-state index in [0.29, 0.717) is 25.2 Å². The van der Waals surface area contributed by atoms with Gasteiger partial charge in [0.1, 0.15) is 6.10 Å². The van der Waals surface area contributed by atoms with Crippen LogP contribution in [0.3, 0.4) is 0 Å². The van der Waals surface area contributed by atoms with Crippen molar-refractivity contribution < 1.29 is 19.1 Å². The molecule has 1 amide bonds. The van der Waals surface area contributed by atoms with Gasteiger partial charge < -0.3 is 14.8 Å². The number of benzene rings is 1. The van der Waals surface area contributed by atoms with Crippen LogP contribution in [0.4, 0.5) is 0 Å². The van der Waals surface area contributed by atoms with Gasteiger partial charge >= 0.3 is 0 Å². The highest BCUT2D eigenvalue weighted by molar-refractivity contribution is 5.97. The van der Waals surface area contributed by atoms with Crippen molar-refractivity contribution in [3.63, 3.8) is 0 Å². The monoisotopic (exact) mass is 395 g/mol. The Labute approximate surface area is 169 Å². The van der Waals surface area contributed by atoms with Gasteiger partial charge in [-0.15, -0.1) is 0 Å². The lowest BCUT2D eigenvalue weighted by atomic mass is 9.93. The van der Waals surface area contributed by atoms with Crippen molar-refractivity contribution in [1.29, 1.82) is 0 Å². The average Bonchev–Trinajstić information content (AvgIpc) is 3.24. The molecule has 7 heteroatoms. The molecule has 3 heterocycles. The van der Waals surface area contributed by atoms with Gasteiger partial charge in [0.05, 0.1) is 48.5 Å². The third kappa shape index (κ3) is 3.49. The summed E-state index contributed by atoms with van der Waals surface area (Å²) in [7, 11) is 0. The number of carbonyl (C=O) groups is 2. The van der Waals surface area contributed by atoms with E-state index in [1.54, 1.807) is 10.9 Å². The van der Waals surface area contributed by atoms with E-state index in [1.807, 2.05) is 37.3 Å². The number of hydrogen-bond acceptors (Lipinski definition) is 5. The van der Waals surface area contributed by atoms with Crippen LogP contribution in [-0.2, 0) is 14.3 Å². The van der Waals surface area contributed by atoms with Gasteiger partial charge in [0.25, 0.3) is 0 Å². The first-order chi connectivity index (χ1) is 14.1. The summed E-state index contributed by atoms with van der Waals surface area (Å²) in [6.45, 7) is 2.84. The minimum atomic E-state index is -0.163. The lowest BCUT2D eigenvalue weighted by molar-refractivity contribution is -0.123. The first kappa shape index (κ1) is 18.5. The van der Waals surface area contributed by atoms with Gasteiger partial charge in [0.15, 0.2) is 5.78 Å². The maximum absolute atomic E-state index is 13.0. The molecular weight excluding hydrogens is 370 g/mol. The van der Waals surface area contributed by atoms with Crippen molar-refractivity contribution in [3.05, 3.63) is 47.8 Å². The number of nitrogens with one attached hydrogen (secondary N) is 1. The molecule has 3 fully saturated rings. The summed E-state index contributed by atoms with van der Waals surface area (Å²) < 4.78 is 13.7. The van der Waals surface area contributed by atoms with Crippen LogP contribution in [0.15, 0.2) is 36.5 Å². The minimum Gasteiger partial charge on any atom is -0.373 e. The van der Waals surface area contributed by atoms with Crippen molar-refractivity contribution in [2.75, 3.05) is 13.2 Å². The van der Waals surface area contributed by atoms with E-state index < -0.39 is 0 Å². The number of rotatable bonds is 6. The van der Waals surface area contributed by atoms with Crippen LogP contribution < -0.4 is 5.32 Å². The maximum atomic E-state index is 13.0. The topological polar surface area (TPSA) is 82.4 Å². The number of para-hydroxylation sites is 1. The number of ether oxygens (including phenoxy) is 2. The fourth-order valence-corrected chi connectivity index (χ4v) is 4.38. The van der Waals surface area contributed by atoms with Gasteiger partial charge in [-0.1, -0.05) is 18.2 Å². The Morgan fingerprint density at radius 1 is 1.14 bits per heavy atom. The van der Waals surface area contributed by atoms with Gasteiger partial charge in [-0.05, 0) is 31.9 Å². The van der Waals surface area contributed by atoms with Crippen molar-refractivity contribution in [2.24, 2.45) is 11.8 Å². The second-order valence-corrected chi connectivity index (χ2v) is 8.26. The second kappa shape index (κ2) is 7.39. The number of ketones is 1. The normalized spacial score (nSPS) is 28.3. The van der Waals surface area contributed by atoms with Crippen molar-refractivity contribution in [2.45, 2.75) is 44.4 Å². The SMILES string of the molecule is Cc1c(C(=O)C[C@H]2CO[C@H]3[C@@H]2OC[C@@H]3NC(=O)C2CC2)cnn1-c1ccccc1. The van der Waals surface area contributed by atoms with Crippen LogP contribution in [-0.4, -0.2) is 52.9 Å². The van der Waals surface area contributed by atoms with Crippen molar-refractivity contribution >= 4 is 11.7 Å². The summed E-state index contributed by atoms with van der Waals surface area (Å²) in [5, 5.41) is 7.46. The molecule has 152 valence electrons. The molecule has 0 radical (unpaired) electrons. The number of amides is 1. The maximum Gasteiger partial charge on any atom is 0.223 e. The molecule has 0 unspecified atom stereocenters. The molecule has 1 aromatic heterocycles. The number of aromatic nitrogens is 2. The van der Waals surface area contributed by atoms with E-state index in [-0.39, 0.29) is 41.8 Å². The van der Waals surface area contributed by atoms with E-state index in [0.717, 1.165) is 24.2 Å². The largest absolute Gasteiger partial charge is 0.373 e. The molecule has 0 bridgehead atoms. The third-order valence-electron chi connectivity index (χ3n) is 6.19. The molecule has 29 heavy (non-hydrogen) atoms. The average molecular weight is 395 g/mol. The lowest BCUT2D eigenvalue weighted by Crippen LogP contribution is -2.44. The van der Waals surface area contributed by atoms with E-state index in [9.17, 15) is 9.59 Å². The fourth-order valence-electron chi connectivity index (χ4n) is 4.38. The molecular formula is C22H25N3O4. The van der Waals surface area contributed by atoms with Gasteiger partial charge in [-0.25, -0.2) is 4.68 Å². The van der Waals surface area contributed by atoms with Crippen LogP contribution in [0.1, 0.15) is 35.3 Å². The van der Waals surface area contributed by atoms with E-state index in [2.05, 4.69) is 10.4 Å². The van der Waals surface area contributed by atoms with Crippen LogP contribution in [0.5, 0.6) is 0 Å². The molecule has 1 aromatic carbocycles. The van der Waals surface area contributed by atoms with Crippen LogP contribution in [0.2, 0.25) is 0 Å². The standard InChI is InChI=1S/C22H25N3O4/c1-13-17(10-23-25(13)16-5-3-2-4-6-16)19(26)9-15-11-28-21-18(12-29-20(15)21)24-22(27)14-7-8-14/h2-6,10,14-15,18,20-21H,7-9,11-12H2,1H3,(H,24,27)/t15-,18-,20+,21+/m0/s1. The molecule has 7 nitrogen and oxygen atoms in total. The molecule has 2 aliphatic heterocycles. The smallest absolute Gasteiger partial charge is 0.223 e. The Bertz CT molecular complexity index is 921. The van der Waals surface area contributed by atoms with Gasteiger partial charge in [0.2, 0.25) is 5.91 Å². The Balaban J connectivity index is 1.24. The Morgan fingerprint density at radius 2 is 1.90 bits per heavy atom. The van der Waals surface area contributed by atoms with Crippen LogP contribution in [0, 0.1) is 18.8 Å². The van der Waals surface area contributed by atoms with Crippen molar-refractivity contribution in [3.8, 4) is 5.69 Å². The fraction of sp³-hybridized carbons (Fsp3) is 0.500. The number of nitrogens with zero attached hydrogens (tertiary/aromatic N) is 2. The summed E-state index contributed by atoms with van der Waals surface area (Å²) in [4.78, 5) is 25.0. The summed E-state index contributed by atoms with van der Waals surface area (Å²) in [5.74, 6) is 0.311.